The van der Waals surface area contributed by atoms with Crippen LogP contribution in [0.1, 0.15) is 60.6 Å². The molecule has 0 amide bonds. The van der Waals surface area contributed by atoms with Gasteiger partial charge in [-0.25, -0.2) is 13.2 Å². The van der Waals surface area contributed by atoms with E-state index in [1.807, 2.05) is 9.80 Å². The van der Waals surface area contributed by atoms with Crippen LogP contribution in [-0.2, 0) is 17.8 Å². The minimum atomic E-state index is -2.83. The number of benzene rings is 2. The first-order chi connectivity index (χ1) is 22.7. The zero-order valence-electron chi connectivity index (χ0n) is 26.2. The van der Waals surface area contributed by atoms with Gasteiger partial charge in [-0.1, -0.05) is 18.1 Å². The van der Waals surface area contributed by atoms with E-state index < -0.39 is 23.9 Å². The molecular weight excluding hydrogens is 607 g/mol. The Balaban J connectivity index is 1.18. The summed E-state index contributed by atoms with van der Waals surface area (Å²) >= 11 is 0. The molecule has 3 atom stereocenters. The predicted octanol–water partition coefficient (Wildman–Crippen LogP) is 5.36. The molecule has 246 valence electrons. The number of halogens is 3. The van der Waals surface area contributed by atoms with Gasteiger partial charge in [-0.3, -0.25) is 9.80 Å². The molecule has 1 aromatic heterocycles. The highest BCUT2D eigenvalue weighted by atomic mass is 19.3. The number of hydrogen-bond acceptors (Lipinski definition) is 8. The topological polar surface area (TPSA) is 74.2 Å². The van der Waals surface area contributed by atoms with Gasteiger partial charge in [0.1, 0.15) is 24.0 Å². The molecule has 0 aliphatic carbocycles. The number of anilines is 1. The number of hydrogen-bond donors (Lipinski definition) is 1. The number of phenols is 1. The summed E-state index contributed by atoms with van der Waals surface area (Å²) in [7, 11) is 0. The number of phenolic OH excluding ortho intramolecular Hbond substituents is 1. The second-order valence-electron chi connectivity index (χ2n) is 13.7. The maximum Gasteiger partial charge on any atom is 0.318 e. The Kier molecular flexibility index (Phi) is 7.39. The van der Waals surface area contributed by atoms with E-state index in [4.69, 9.17) is 25.9 Å². The average molecular weight is 646 g/mol. The van der Waals surface area contributed by atoms with E-state index >= 15 is 8.78 Å². The zero-order chi connectivity index (χ0) is 32.5. The van der Waals surface area contributed by atoms with Crippen molar-refractivity contribution in [3.8, 4) is 24.1 Å². The summed E-state index contributed by atoms with van der Waals surface area (Å²) in [6.07, 6.45) is 11.3. The van der Waals surface area contributed by atoms with Crippen LogP contribution in [0.2, 0.25) is 0 Å². The number of aromatic hydroxyl groups is 1. The molecule has 5 aliphatic rings. The molecule has 1 N–H and O–H groups in total. The van der Waals surface area contributed by atoms with Gasteiger partial charge in [0.15, 0.2) is 0 Å². The number of alkyl halides is 2. The maximum atomic E-state index is 15.2. The number of aromatic nitrogens is 2. The highest BCUT2D eigenvalue weighted by molar-refractivity contribution is 5.93. The van der Waals surface area contributed by atoms with Crippen LogP contribution >= 0.6 is 0 Å². The number of terminal acetylenes is 1. The van der Waals surface area contributed by atoms with Gasteiger partial charge in [0, 0.05) is 49.5 Å². The quantitative estimate of drug-likeness (QED) is 0.272. The van der Waals surface area contributed by atoms with Crippen molar-refractivity contribution in [1.82, 2.24) is 19.8 Å². The van der Waals surface area contributed by atoms with Crippen LogP contribution in [0.3, 0.4) is 0 Å². The third-order valence-corrected chi connectivity index (χ3v) is 11.0. The lowest BCUT2D eigenvalue weighted by Crippen LogP contribution is -2.56. The molecule has 3 aromatic rings. The van der Waals surface area contributed by atoms with E-state index in [9.17, 15) is 9.50 Å². The van der Waals surface area contributed by atoms with Crippen molar-refractivity contribution in [2.45, 2.75) is 74.8 Å². The molecule has 5 aliphatic heterocycles. The molecule has 0 unspecified atom stereocenters. The lowest BCUT2D eigenvalue weighted by atomic mass is 9.91. The van der Waals surface area contributed by atoms with Crippen LogP contribution < -0.4 is 9.64 Å². The molecule has 2 bridgehead atoms. The molecule has 2 aromatic carbocycles. The lowest BCUT2D eigenvalue weighted by molar-refractivity contribution is -0.0290. The molecule has 0 saturated carbocycles. The summed E-state index contributed by atoms with van der Waals surface area (Å²) in [4.78, 5) is 16.1. The first kappa shape index (κ1) is 30.5. The number of nitrogens with zero attached hydrogens (tertiary/aromatic N) is 5. The fourth-order valence-electron chi connectivity index (χ4n) is 8.88. The summed E-state index contributed by atoms with van der Waals surface area (Å²) in [5.41, 5.74) is 2.03. The SMILES string of the molecule is C#Cc1c(F)ccc2cc(O)cc([C@@H]3Cc4nc(OCC56CCCN5CCC6)nc(N5C[C@@H]6CC(F)(F)[C@H](C5)N6CC=C)c4CO3)c12. The smallest absolute Gasteiger partial charge is 0.318 e. The Morgan fingerprint density at radius 1 is 1.17 bits per heavy atom. The van der Waals surface area contributed by atoms with E-state index in [0.29, 0.717) is 47.5 Å². The summed E-state index contributed by atoms with van der Waals surface area (Å²) < 4.78 is 58.2. The van der Waals surface area contributed by atoms with Crippen LogP contribution in [0.15, 0.2) is 36.9 Å². The predicted molar refractivity (Wildman–Crippen MR) is 171 cm³/mol. The molecule has 0 radical (unpaired) electrons. The van der Waals surface area contributed by atoms with Crippen molar-refractivity contribution in [1.29, 1.82) is 0 Å². The molecule has 11 heteroatoms. The van der Waals surface area contributed by atoms with Gasteiger partial charge in [0.2, 0.25) is 0 Å². The van der Waals surface area contributed by atoms with E-state index in [1.165, 1.54) is 6.07 Å². The Hall–Kier alpha value is -3.85. The summed E-state index contributed by atoms with van der Waals surface area (Å²) in [5, 5.41) is 11.7. The second-order valence-corrected chi connectivity index (χ2v) is 13.7. The van der Waals surface area contributed by atoms with E-state index in [2.05, 4.69) is 17.4 Å². The molecule has 4 fully saturated rings. The van der Waals surface area contributed by atoms with Crippen molar-refractivity contribution < 1.29 is 27.8 Å². The van der Waals surface area contributed by atoms with E-state index in [0.717, 1.165) is 44.3 Å². The second kappa shape index (κ2) is 11.4. The van der Waals surface area contributed by atoms with Crippen molar-refractivity contribution in [2.75, 3.05) is 44.2 Å². The molecule has 8 nitrogen and oxygen atoms in total. The summed E-state index contributed by atoms with van der Waals surface area (Å²) in [6, 6.07) is 4.89. The van der Waals surface area contributed by atoms with Crippen LogP contribution in [0.4, 0.5) is 19.0 Å². The first-order valence-corrected chi connectivity index (χ1v) is 16.5. The normalized spacial score (nSPS) is 26.3. The molecule has 6 heterocycles. The fraction of sp³-hybridized carbons (Fsp3) is 0.500. The molecule has 4 saturated heterocycles. The van der Waals surface area contributed by atoms with Crippen molar-refractivity contribution >= 4 is 16.6 Å². The van der Waals surface area contributed by atoms with Gasteiger partial charge in [-0.05, 0) is 67.9 Å². The van der Waals surface area contributed by atoms with Gasteiger partial charge in [0.05, 0.1) is 35.5 Å². The van der Waals surface area contributed by atoms with Gasteiger partial charge in [0.25, 0.3) is 5.92 Å². The van der Waals surface area contributed by atoms with Crippen LogP contribution in [0.5, 0.6) is 11.8 Å². The fourth-order valence-corrected chi connectivity index (χ4v) is 8.88. The van der Waals surface area contributed by atoms with Crippen molar-refractivity contribution in [3.63, 3.8) is 0 Å². The third kappa shape index (κ3) is 5.04. The lowest BCUT2D eigenvalue weighted by Gasteiger charge is -2.42. The Labute approximate surface area is 272 Å². The van der Waals surface area contributed by atoms with Gasteiger partial charge in [-0.2, -0.15) is 9.97 Å². The molecular formula is C36H38F3N5O3. The molecule has 0 spiro atoms. The van der Waals surface area contributed by atoms with Crippen LogP contribution in [0, 0.1) is 18.2 Å². The standard InChI is InChI=1S/C36H38F3N5O3/c1-3-11-44-23-17-36(38,39)31(44)19-42(18-23)33-27-20-46-30(26-15-24(45)14-22-7-8-28(37)25(4-2)32(22)26)16-29(27)40-34(41-33)47-21-35-9-5-12-43(35)13-6-10-35/h2-3,7-8,14-15,23,30-31,45H,1,5-6,9-13,16-21H2/t23-,30-,31-/m0/s1. The Bertz CT molecular complexity index is 1780. The van der Waals surface area contributed by atoms with Crippen molar-refractivity contribution in [3.05, 3.63) is 65.1 Å². The van der Waals surface area contributed by atoms with Crippen LogP contribution in [0.25, 0.3) is 10.8 Å². The summed E-state index contributed by atoms with van der Waals surface area (Å²) in [6.45, 7) is 7.35. The average Bonchev–Trinajstić information content (AvgIpc) is 3.67. The third-order valence-electron chi connectivity index (χ3n) is 11.0. The largest absolute Gasteiger partial charge is 0.508 e. The monoisotopic (exact) mass is 645 g/mol. The first-order valence-electron chi connectivity index (χ1n) is 16.5. The number of fused-ring (bicyclic) bond motifs is 5. The Morgan fingerprint density at radius 3 is 2.72 bits per heavy atom. The van der Waals surface area contributed by atoms with Gasteiger partial charge >= 0.3 is 6.01 Å². The van der Waals surface area contributed by atoms with E-state index in [-0.39, 0.29) is 54.9 Å². The number of rotatable bonds is 7. The van der Waals surface area contributed by atoms with Crippen molar-refractivity contribution in [2.24, 2.45) is 0 Å². The zero-order valence-corrected chi connectivity index (χ0v) is 26.2. The minimum Gasteiger partial charge on any atom is -0.508 e. The molecule has 47 heavy (non-hydrogen) atoms. The Morgan fingerprint density at radius 2 is 1.98 bits per heavy atom. The molecule has 8 rings (SSSR count). The highest BCUT2D eigenvalue weighted by Gasteiger charge is 2.57. The number of piperazine rings is 1. The van der Waals surface area contributed by atoms with Gasteiger partial charge < -0.3 is 19.5 Å². The summed E-state index contributed by atoms with van der Waals surface area (Å²) in [5.74, 6) is -0.324. The van der Waals surface area contributed by atoms with Crippen LogP contribution in [-0.4, -0.2) is 87.8 Å². The minimum absolute atomic E-state index is 0.00890. The maximum absolute atomic E-state index is 15.2. The van der Waals surface area contributed by atoms with E-state index in [1.54, 1.807) is 24.3 Å². The van der Waals surface area contributed by atoms with Gasteiger partial charge in [-0.15, -0.1) is 13.0 Å². The number of ether oxygens (including phenoxy) is 2. The highest BCUT2D eigenvalue weighted by Crippen LogP contribution is 2.45.